The van der Waals surface area contributed by atoms with Crippen LogP contribution in [0.4, 0.5) is 0 Å². The highest BCUT2D eigenvalue weighted by molar-refractivity contribution is 5.73. The number of carboxylic acids is 1. The first-order valence-electron chi connectivity index (χ1n) is 14.3. The summed E-state index contributed by atoms with van der Waals surface area (Å²) in [7, 11) is 0. The second-order valence-electron chi connectivity index (χ2n) is 12.6. The molecule has 5 heteroatoms. The van der Waals surface area contributed by atoms with Gasteiger partial charge in [0.2, 0.25) is 0 Å². The summed E-state index contributed by atoms with van der Waals surface area (Å²) < 4.78 is 12.8. The Morgan fingerprint density at radius 1 is 0.706 bits per heavy atom. The van der Waals surface area contributed by atoms with Crippen molar-refractivity contribution in [3.05, 3.63) is 0 Å². The smallest absolute Gasteiger partial charge is 0.309 e. The third-order valence-corrected chi connectivity index (χ3v) is 8.14. The van der Waals surface area contributed by atoms with Crippen LogP contribution in [0.2, 0.25) is 0 Å². The van der Waals surface area contributed by atoms with E-state index < -0.39 is 11.4 Å². The number of unbranched alkanes of at least 4 members (excludes halogenated alkanes) is 2. The molecule has 4 atom stereocenters. The topological polar surface area (TPSA) is 76.0 Å². The number of hydrogen-bond donors (Lipinski definition) is 2. The molecular formula is C29H54O5. The molecule has 4 unspecified atom stereocenters. The molecule has 0 aromatic carbocycles. The van der Waals surface area contributed by atoms with Crippen molar-refractivity contribution < 1.29 is 24.5 Å². The molecule has 2 fully saturated rings. The van der Waals surface area contributed by atoms with E-state index in [1.807, 2.05) is 13.8 Å². The second kappa shape index (κ2) is 14.8. The minimum absolute atomic E-state index is 0.0490. The zero-order valence-corrected chi connectivity index (χ0v) is 22.7. The van der Waals surface area contributed by atoms with E-state index in [0.29, 0.717) is 24.4 Å². The van der Waals surface area contributed by atoms with Crippen LogP contribution in [-0.4, -0.2) is 47.2 Å². The highest BCUT2D eigenvalue weighted by atomic mass is 16.5. The van der Waals surface area contributed by atoms with E-state index in [0.717, 1.165) is 57.8 Å². The molecular weight excluding hydrogens is 428 g/mol. The standard InChI is InChI=1S/C29H54O5/c1-28(2,22-30)20-7-5-12-23-14-9-16-25(33-23)18-11-19-26-17-10-15-24(34-26)13-6-8-21-29(3,4)27(31)32/h23-26,30H,5-22H2,1-4H3,(H,31,32). The van der Waals surface area contributed by atoms with Crippen LogP contribution in [0.15, 0.2) is 0 Å². The Balaban J connectivity index is 1.56. The van der Waals surface area contributed by atoms with Gasteiger partial charge in [0.25, 0.3) is 0 Å². The van der Waals surface area contributed by atoms with Gasteiger partial charge in [-0.3, -0.25) is 4.79 Å². The van der Waals surface area contributed by atoms with Crippen LogP contribution < -0.4 is 0 Å². The van der Waals surface area contributed by atoms with Crippen molar-refractivity contribution in [2.75, 3.05) is 6.61 Å². The van der Waals surface area contributed by atoms with Gasteiger partial charge in [-0.05, 0) is 103 Å². The fraction of sp³-hybridized carbons (Fsp3) is 0.966. The largest absolute Gasteiger partial charge is 0.481 e. The Morgan fingerprint density at radius 2 is 1.12 bits per heavy atom. The molecule has 2 saturated heterocycles. The molecule has 2 aliphatic heterocycles. The van der Waals surface area contributed by atoms with Gasteiger partial charge in [-0.25, -0.2) is 0 Å². The molecule has 0 radical (unpaired) electrons. The lowest BCUT2D eigenvalue weighted by Gasteiger charge is -2.32. The molecule has 2 rings (SSSR count). The number of aliphatic carboxylic acids is 1. The number of ether oxygens (including phenoxy) is 2. The van der Waals surface area contributed by atoms with E-state index >= 15 is 0 Å². The van der Waals surface area contributed by atoms with Crippen LogP contribution in [0.3, 0.4) is 0 Å². The number of hydrogen-bond acceptors (Lipinski definition) is 4. The summed E-state index contributed by atoms with van der Waals surface area (Å²) in [4.78, 5) is 11.3. The first-order valence-corrected chi connectivity index (χ1v) is 14.3. The van der Waals surface area contributed by atoms with Gasteiger partial charge in [0, 0.05) is 6.61 Å². The number of carboxylic acid groups (broad SMARTS) is 1. The Hall–Kier alpha value is -0.650. The summed E-state index contributed by atoms with van der Waals surface area (Å²) >= 11 is 0. The highest BCUT2D eigenvalue weighted by Crippen LogP contribution is 2.31. The third-order valence-electron chi connectivity index (χ3n) is 8.14. The molecule has 34 heavy (non-hydrogen) atoms. The molecule has 5 nitrogen and oxygen atoms in total. The molecule has 0 aliphatic carbocycles. The van der Waals surface area contributed by atoms with E-state index in [1.54, 1.807) is 0 Å². The Bertz CT molecular complexity index is 573. The zero-order chi connectivity index (χ0) is 25.0. The first kappa shape index (κ1) is 29.6. The van der Waals surface area contributed by atoms with Gasteiger partial charge < -0.3 is 19.7 Å². The van der Waals surface area contributed by atoms with Crippen LogP contribution in [0.5, 0.6) is 0 Å². The molecule has 0 saturated carbocycles. The van der Waals surface area contributed by atoms with Gasteiger partial charge >= 0.3 is 5.97 Å². The van der Waals surface area contributed by atoms with Crippen molar-refractivity contribution in [2.45, 2.75) is 161 Å². The van der Waals surface area contributed by atoms with Crippen molar-refractivity contribution in [1.82, 2.24) is 0 Å². The van der Waals surface area contributed by atoms with Crippen molar-refractivity contribution >= 4 is 5.97 Å². The maximum Gasteiger partial charge on any atom is 0.309 e. The van der Waals surface area contributed by atoms with Crippen LogP contribution in [-0.2, 0) is 14.3 Å². The van der Waals surface area contributed by atoms with Gasteiger partial charge in [0.05, 0.1) is 29.8 Å². The summed E-state index contributed by atoms with van der Waals surface area (Å²) in [5, 5.41) is 18.7. The van der Waals surface area contributed by atoms with Gasteiger partial charge in [-0.15, -0.1) is 0 Å². The van der Waals surface area contributed by atoms with Crippen LogP contribution in [0.25, 0.3) is 0 Å². The fourth-order valence-electron chi connectivity index (χ4n) is 5.49. The molecule has 200 valence electrons. The average molecular weight is 483 g/mol. The lowest BCUT2D eigenvalue weighted by molar-refractivity contribution is -0.147. The first-order chi connectivity index (χ1) is 16.1. The van der Waals surface area contributed by atoms with Crippen molar-refractivity contribution in [1.29, 1.82) is 0 Å². The van der Waals surface area contributed by atoms with E-state index in [-0.39, 0.29) is 12.0 Å². The molecule has 0 aromatic rings. The van der Waals surface area contributed by atoms with Crippen molar-refractivity contribution in [2.24, 2.45) is 10.8 Å². The van der Waals surface area contributed by atoms with Crippen LogP contribution in [0.1, 0.15) is 137 Å². The molecule has 0 aromatic heterocycles. The number of aliphatic hydroxyl groups excluding tert-OH is 1. The van der Waals surface area contributed by atoms with E-state index in [9.17, 15) is 15.0 Å². The summed E-state index contributed by atoms with van der Waals surface area (Å²) in [5.74, 6) is -0.697. The molecule has 0 bridgehead atoms. The zero-order valence-electron chi connectivity index (χ0n) is 22.7. The SMILES string of the molecule is CC(C)(CO)CCCCC1CCCC(CCCC2CCCC(CCCCC(C)(C)C(=O)O)O2)O1. The predicted octanol–water partition coefficient (Wildman–Crippen LogP) is 7.28. The van der Waals surface area contributed by atoms with E-state index in [4.69, 9.17) is 9.47 Å². The molecule has 2 heterocycles. The van der Waals surface area contributed by atoms with Crippen molar-refractivity contribution in [3.63, 3.8) is 0 Å². The second-order valence-corrected chi connectivity index (χ2v) is 12.6. The Morgan fingerprint density at radius 3 is 1.53 bits per heavy atom. The van der Waals surface area contributed by atoms with Crippen LogP contribution >= 0.6 is 0 Å². The lowest BCUT2D eigenvalue weighted by atomic mass is 9.86. The third kappa shape index (κ3) is 11.4. The van der Waals surface area contributed by atoms with E-state index in [1.165, 1.54) is 51.4 Å². The number of rotatable bonds is 16. The summed E-state index contributed by atoms with van der Waals surface area (Å²) in [5.41, 5.74) is -0.569. The Labute approximate surface area is 209 Å². The minimum Gasteiger partial charge on any atom is -0.481 e. The normalized spacial score (nSPS) is 26.5. The van der Waals surface area contributed by atoms with Crippen molar-refractivity contribution in [3.8, 4) is 0 Å². The minimum atomic E-state index is -0.697. The monoisotopic (exact) mass is 482 g/mol. The Kier molecular flexibility index (Phi) is 12.9. The lowest BCUT2D eigenvalue weighted by Crippen LogP contribution is -2.29. The predicted molar refractivity (Wildman–Crippen MR) is 138 cm³/mol. The molecule has 2 N–H and O–H groups in total. The van der Waals surface area contributed by atoms with Crippen LogP contribution in [0, 0.1) is 10.8 Å². The average Bonchev–Trinajstić information content (AvgIpc) is 2.80. The summed E-state index contributed by atoms with van der Waals surface area (Å²) in [6, 6.07) is 0. The quantitative estimate of drug-likeness (QED) is 0.226. The van der Waals surface area contributed by atoms with Gasteiger partial charge in [0.1, 0.15) is 0 Å². The van der Waals surface area contributed by atoms with Gasteiger partial charge in [-0.2, -0.15) is 0 Å². The van der Waals surface area contributed by atoms with E-state index in [2.05, 4.69) is 13.8 Å². The number of aliphatic hydroxyl groups is 1. The fourth-order valence-corrected chi connectivity index (χ4v) is 5.49. The maximum absolute atomic E-state index is 11.3. The van der Waals surface area contributed by atoms with Gasteiger partial charge in [0.15, 0.2) is 0 Å². The number of carbonyl (C=O) groups is 1. The molecule has 0 amide bonds. The highest BCUT2D eigenvalue weighted by Gasteiger charge is 2.27. The van der Waals surface area contributed by atoms with Gasteiger partial charge in [-0.1, -0.05) is 39.5 Å². The maximum atomic E-state index is 11.3. The summed E-state index contributed by atoms with van der Waals surface area (Å²) in [6.07, 6.45) is 20.8. The summed E-state index contributed by atoms with van der Waals surface area (Å²) in [6.45, 7) is 8.19. The molecule has 0 spiro atoms. The molecule has 2 aliphatic rings.